The van der Waals surface area contributed by atoms with Gasteiger partial charge in [-0.15, -0.1) is 0 Å². The van der Waals surface area contributed by atoms with E-state index < -0.39 is 0 Å². The second-order valence-electron chi connectivity index (χ2n) is 7.51. The van der Waals surface area contributed by atoms with Crippen molar-refractivity contribution in [2.24, 2.45) is 5.73 Å². The molecule has 27 heavy (non-hydrogen) atoms. The van der Waals surface area contributed by atoms with E-state index in [0.717, 1.165) is 47.7 Å². The standard InChI is InChI=1S/C22H26N4O/c23-16-7-9-17(10-8-16)26-22(27)12-19(15-4-3-11-24-13-15)20-14-25-21-6-2-1-5-18(20)21/h1-6,11,13-14,16-17,19,25H,7-10,12,23H2,(H,26,27). The van der Waals surface area contributed by atoms with E-state index in [2.05, 4.69) is 27.4 Å². The van der Waals surface area contributed by atoms with E-state index >= 15 is 0 Å². The number of amides is 1. The second-order valence-corrected chi connectivity index (χ2v) is 7.51. The maximum Gasteiger partial charge on any atom is 0.221 e. The maximum absolute atomic E-state index is 12.8. The number of aromatic amines is 1. The number of para-hydroxylation sites is 1. The van der Waals surface area contributed by atoms with E-state index in [9.17, 15) is 4.79 Å². The molecule has 1 aliphatic carbocycles. The number of fused-ring (bicyclic) bond motifs is 1. The topological polar surface area (TPSA) is 83.8 Å². The molecule has 1 unspecified atom stereocenters. The number of nitrogens with one attached hydrogen (secondary N) is 2. The zero-order valence-corrected chi connectivity index (χ0v) is 15.4. The summed E-state index contributed by atoms with van der Waals surface area (Å²) >= 11 is 0. The van der Waals surface area contributed by atoms with Crippen molar-refractivity contribution in [2.75, 3.05) is 0 Å². The van der Waals surface area contributed by atoms with Gasteiger partial charge in [0.15, 0.2) is 0 Å². The molecular formula is C22H26N4O. The van der Waals surface area contributed by atoms with Crippen molar-refractivity contribution in [3.8, 4) is 0 Å². The third-order valence-corrected chi connectivity index (χ3v) is 5.61. The van der Waals surface area contributed by atoms with Gasteiger partial charge in [0.2, 0.25) is 5.91 Å². The summed E-state index contributed by atoms with van der Waals surface area (Å²) < 4.78 is 0. The SMILES string of the molecule is NC1CCC(NC(=O)CC(c2cccnc2)c2c[nH]c3ccccc23)CC1. The van der Waals surface area contributed by atoms with Crippen molar-refractivity contribution >= 4 is 16.8 Å². The van der Waals surface area contributed by atoms with Crippen LogP contribution in [0.2, 0.25) is 0 Å². The molecule has 1 saturated carbocycles. The number of hydrogen-bond donors (Lipinski definition) is 3. The van der Waals surface area contributed by atoms with E-state index in [1.54, 1.807) is 6.20 Å². The molecule has 0 spiro atoms. The fraction of sp³-hybridized carbons (Fsp3) is 0.364. The van der Waals surface area contributed by atoms with Crippen molar-refractivity contribution in [3.63, 3.8) is 0 Å². The first-order chi connectivity index (χ1) is 13.2. The number of aromatic nitrogens is 2. The number of hydrogen-bond acceptors (Lipinski definition) is 3. The summed E-state index contributed by atoms with van der Waals surface area (Å²) in [6.07, 6.45) is 9.97. The minimum atomic E-state index is -0.0271. The summed E-state index contributed by atoms with van der Waals surface area (Å²) in [6.45, 7) is 0. The second kappa shape index (κ2) is 7.92. The molecule has 5 nitrogen and oxygen atoms in total. The molecule has 2 aromatic heterocycles. The van der Waals surface area contributed by atoms with Crippen LogP contribution >= 0.6 is 0 Å². The van der Waals surface area contributed by atoms with Crippen molar-refractivity contribution in [1.29, 1.82) is 0 Å². The van der Waals surface area contributed by atoms with Crippen LogP contribution in [0.4, 0.5) is 0 Å². The molecule has 0 aliphatic heterocycles. The quantitative estimate of drug-likeness (QED) is 0.650. The predicted molar refractivity (Wildman–Crippen MR) is 107 cm³/mol. The van der Waals surface area contributed by atoms with Crippen molar-refractivity contribution in [3.05, 3.63) is 66.1 Å². The van der Waals surface area contributed by atoms with Crippen LogP contribution in [0.15, 0.2) is 55.0 Å². The fourth-order valence-corrected chi connectivity index (χ4v) is 4.11. The Hall–Kier alpha value is -2.66. The Bertz CT molecular complexity index is 897. The zero-order chi connectivity index (χ0) is 18.6. The first-order valence-corrected chi connectivity index (χ1v) is 9.71. The maximum atomic E-state index is 12.8. The predicted octanol–water partition coefficient (Wildman–Crippen LogP) is 3.47. The molecule has 0 bridgehead atoms. The monoisotopic (exact) mass is 362 g/mol. The van der Waals surface area contributed by atoms with Gasteiger partial charge in [-0.25, -0.2) is 0 Å². The van der Waals surface area contributed by atoms with E-state index in [1.165, 1.54) is 0 Å². The van der Waals surface area contributed by atoms with Crippen LogP contribution in [0.5, 0.6) is 0 Å². The molecule has 1 atom stereocenters. The lowest BCUT2D eigenvalue weighted by atomic mass is 9.88. The highest BCUT2D eigenvalue weighted by atomic mass is 16.1. The van der Waals surface area contributed by atoms with E-state index in [-0.39, 0.29) is 23.9 Å². The number of nitrogens with zero attached hydrogens (tertiary/aromatic N) is 1. The van der Waals surface area contributed by atoms with E-state index in [4.69, 9.17) is 5.73 Å². The third kappa shape index (κ3) is 4.03. The number of pyridine rings is 1. The smallest absolute Gasteiger partial charge is 0.221 e. The van der Waals surface area contributed by atoms with Gasteiger partial charge in [0, 0.05) is 53.9 Å². The van der Waals surface area contributed by atoms with Crippen LogP contribution in [-0.2, 0) is 4.79 Å². The van der Waals surface area contributed by atoms with Gasteiger partial charge in [-0.05, 0) is 48.9 Å². The van der Waals surface area contributed by atoms with Crippen molar-refractivity contribution in [2.45, 2.75) is 50.1 Å². The van der Waals surface area contributed by atoms with Gasteiger partial charge in [-0.1, -0.05) is 24.3 Å². The normalized spacial score (nSPS) is 21.1. The number of carbonyl (C=O) groups excluding carboxylic acids is 1. The first kappa shape index (κ1) is 17.7. The average Bonchev–Trinajstić information content (AvgIpc) is 3.12. The molecule has 3 aromatic rings. The number of H-pyrrole nitrogens is 1. The highest BCUT2D eigenvalue weighted by Gasteiger charge is 2.24. The van der Waals surface area contributed by atoms with Gasteiger partial charge in [-0.3, -0.25) is 9.78 Å². The Kier molecular flexibility index (Phi) is 5.21. The minimum absolute atomic E-state index is 0.0271. The van der Waals surface area contributed by atoms with Crippen LogP contribution in [0.3, 0.4) is 0 Å². The number of nitrogens with two attached hydrogens (primary N) is 1. The molecule has 2 heterocycles. The molecule has 1 aliphatic rings. The van der Waals surface area contributed by atoms with Gasteiger partial charge < -0.3 is 16.0 Å². The van der Waals surface area contributed by atoms with Crippen molar-refractivity contribution < 1.29 is 4.79 Å². The molecular weight excluding hydrogens is 336 g/mol. The Morgan fingerprint density at radius 3 is 2.78 bits per heavy atom. The van der Waals surface area contributed by atoms with Crippen LogP contribution in [0.25, 0.3) is 10.9 Å². The van der Waals surface area contributed by atoms with Crippen LogP contribution < -0.4 is 11.1 Å². The molecule has 1 aromatic carbocycles. The Morgan fingerprint density at radius 1 is 1.19 bits per heavy atom. The first-order valence-electron chi connectivity index (χ1n) is 9.71. The molecule has 1 amide bonds. The molecule has 0 radical (unpaired) electrons. The number of carbonyl (C=O) groups is 1. The molecule has 140 valence electrons. The van der Waals surface area contributed by atoms with E-state index in [1.807, 2.05) is 36.7 Å². The Morgan fingerprint density at radius 2 is 2.00 bits per heavy atom. The largest absolute Gasteiger partial charge is 0.361 e. The van der Waals surface area contributed by atoms with Crippen molar-refractivity contribution in [1.82, 2.24) is 15.3 Å². The van der Waals surface area contributed by atoms with Gasteiger partial charge in [0.05, 0.1) is 0 Å². The van der Waals surface area contributed by atoms with Gasteiger partial charge in [0.25, 0.3) is 0 Å². The van der Waals surface area contributed by atoms with Crippen LogP contribution in [0, 0.1) is 0 Å². The highest BCUT2D eigenvalue weighted by molar-refractivity contribution is 5.86. The third-order valence-electron chi connectivity index (χ3n) is 5.61. The average molecular weight is 362 g/mol. The molecule has 4 rings (SSSR count). The molecule has 4 N–H and O–H groups in total. The molecule has 1 fully saturated rings. The minimum Gasteiger partial charge on any atom is -0.361 e. The highest BCUT2D eigenvalue weighted by Crippen LogP contribution is 2.33. The fourth-order valence-electron chi connectivity index (χ4n) is 4.11. The van der Waals surface area contributed by atoms with Gasteiger partial charge >= 0.3 is 0 Å². The number of benzene rings is 1. The summed E-state index contributed by atoms with van der Waals surface area (Å²) in [5, 5.41) is 4.38. The lowest BCUT2D eigenvalue weighted by molar-refractivity contribution is -0.122. The molecule has 5 heteroatoms. The lowest BCUT2D eigenvalue weighted by Crippen LogP contribution is -2.40. The van der Waals surface area contributed by atoms with Crippen LogP contribution in [-0.4, -0.2) is 28.0 Å². The van der Waals surface area contributed by atoms with Gasteiger partial charge in [-0.2, -0.15) is 0 Å². The summed E-state index contributed by atoms with van der Waals surface area (Å²) in [5.41, 5.74) is 9.26. The lowest BCUT2D eigenvalue weighted by Gasteiger charge is -2.27. The zero-order valence-electron chi connectivity index (χ0n) is 15.4. The Labute approximate surface area is 159 Å². The Balaban J connectivity index is 1.57. The summed E-state index contributed by atoms with van der Waals surface area (Å²) in [7, 11) is 0. The van der Waals surface area contributed by atoms with Gasteiger partial charge in [0.1, 0.15) is 0 Å². The number of rotatable bonds is 5. The summed E-state index contributed by atoms with van der Waals surface area (Å²) in [4.78, 5) is 20.4. The van der Waals surface area contributed by atoms with Crippen LogP contribution in [0.1, 0.15) is 49.1 Å². The summed E-state index contributed by atoms with van der Waals surface area (Å²) in [6, 6.07) is 12.7. The summed E-state index contributed by atoms with van der Waals surface area (Å²) in [5.74, 6) is 0.0651. The van der Waals surface area contributed by atoms with E-state index in [0.29, 0.717) is 6.42 Å². The molecule has 0 saturated heterocycles.